The van der Waals surface area contributed by atoms with Gasteiger partial charge in [-0.1, -0.05) is 12.1 Å². The smallest absolute Gasteiger partial charge is 0.236 e. The molecule has 1 aromatic carbocycles. The van der Waals surface area contributed by atoms with Gasteiger partial charge in [-0.3, -0.25) is 9.69 Å². The van der Waals surface area contributed by atoms with Gasteiger partial charge in [0.15, 0.2) is 0 Å². The average molecular weight is 357 g/mol. The lowest BCUT2D eigenvalue weighted by Crippen LogP contribution is -2.53. The number of aryl methyl sites for hydroxylation is 1. The topological polar surface area (TPSA) is 36.0 Å². The van der Waals surface area contributed by atoms with Gasteiger partial charge in [-0.05, 0) is 43.9 Å². The third-order valence-corrected chi connectivity index (χ3v) is 6.30. The molecule has 26 heavy (non-hydrogen) atoms. The monoisotopic (exact) mass is 357 g/mol. The van der Waals surface area contributed by atoms with Gasteiger partial charge in [0, 0.05) is 57.0 Å². The summed E-state index contributed by atoms with van der Waals surface area (Å²) in [5, 5.41) is 0. The van der Waals surface area contributed by atoms with E-state index in [2.05, 4.69) is 45.9 Å². The Hall–Kier alpha value is -1.59. The van der Waals surface area contributed by atoms with Crippen molar-refractivity contribution in [3.05, 3.63) is 29.8 Å². The number of carbonyl (C=O) groups is 1. The molecule has 5 heteroatoms. The number of hydrogen-bond acceptors (Lipinski definition) is 4. The van der Waals surface area contributed by atoms with Crippen LogP contribution in [0, 0.1) is 12.3 Å². The Morgan fingerprint density at radius 2 is 2.00 bits per heavy atom. The highest BCUT2D eigenvalue weighted by Gasteiger charge is 2.40. The minimum Gasteiger partial charge on any atom is -0.381 e. The number of amides is 1. The molecule has 3 aliphatic heterocycles. The second kappa shape index (κ2) is 7.57. The van der Waals surface area contributed by atoms with Crippen molar-refractivity contribution in [2.75, 3.05) is 63.9 Å². The van der Waals surface area contributed by atoms with Crippen LogP contribution in [-0.2, 0) is 9.53 Å². The summed E-state index contributed by atoms with van der Waals surface area (Å²) >= 11 is 0. The van der Waals surface area contributed by atoms with E-state index >= 15 is 0 Å². The lowest BCUT2D eigenvalue weighted by Gasteiger charge is -2.41. The number of anilines is 1. The van der Waals surface area contributed by atoms with Crippen molar-refractivity contribution in [1.29, 1.82) is 0 Å². The molecule has 0 saturated carbocycles. The molecule has 142 valence electrons. The number of likely N-dealkylation sites (tertiary alicyclic amines) is 1. The highest BCUT2D eigenvalue weighted by molar-refractivity contribution is 5.78. The minimum absolute atomic E-state index is 0.248. The Morgan fingerprint density at radius 1 is 1.15 bits per heavy atom. The zero-order chi connectivity index (χ0) is 18.0. The fourth-order valence-corrected chi connectivity index (χ4v) is 4.67. The lowest BCUT2D eigenvalue weighted by atomic mass is 9.79. The van der Waals surface area contributed by atoms with Crippen LogP contribution < -0.4 is 4.90 Å². The van der Waals surface area contributed by atoms with E-state index in [0.717, 1.165) is 65.3 Å². The van der Waals surface area contributed by atoms with E-state index < -0.39 is 0 Å². The molecule has 1 aromatic rings. The van der Waals surface area contributed by atoms with Gasteiger partial charge < -0.3 is 14.5 Å². The van der Waals surface area contributed by atoms with Crippen LogP contribution >= 0.6 is 0 Å². The third kappa shape index (κ3) is 3.89. The maximum Gasteiger partial charge on any atom is 0.236 e. The van der Waals surface area contributed by atoms with Crippen molar-refractivity contribution < 1.29 is 9.53 Å². The van der Waals surface area contributed by atoms with Gasteiger partial charge in [-0.2, -0.15) is 0 Å². The van der Waals surface area contributed by atoms with Crippen LogP contribution in [0.25, 0.3) is 0 Å². The zero-order valence-electron chi connectivity index (χ0n) is 16.0. The van der Waals surface area contributed by atoms with Crippen molar-refractivity contribution in [3.63, 3.8) is 0 Å². The number of benzene rings is 1. The molecule has 4 rings (SSSR count). The van der Waals surface area contributed by atoms with Crippen LogP contribution in [0.2, 0.25) is 0 Å². The van der Waals surface area contributed by atoms with Crippen LogP contribution in [0.5, 0.6) is 0 Å². The molecule has 0 N–H and O–H groups in total. The van der Waals surface area contributed by atoms with Gasteiger partial charge in [0.2, 0.25) is 5.91 Å². The number of nitrogens with zero attached hydrogens (tertiary/aromatic N) is 3. The second-order valence-electron chi connectivity index (χ2n) is 8.32. The molecule has 0 aliphatic carbocycles. The molecule has 0 bridgehead atoms. The standard InChI is InChI=1S/C21H31N3O2/c1-18-4-2-5-19(14-18)23-11-9-22(10-12-23)15-20(25)24-8-3-6-21(16-24)7-13-26-17-21/h2,4-5,14H,3,6-13,15-17H2,1H3/t21-/m0/s1. The molecule has 3 aliphatic rings. The summed E-state index contributed by atoms with van der Waals surface area (Å²) < 4.78 is 5.62. The highest BCUT2D eigenvalue weighted by atomic mass is 16.5. The van der Waals surface area contributed by atoms with E-state index in [-0.39, 0.29) is 5.41 Å². The summed E-state index contributed by atoms with van der Waals surface area (Å²) in [5.41, 5.74) is 2.85. The molecule has 1 amide bonds. The Kier molecular flexibility index (Phi) is 5.18. The molecule has 1 atom stereocenters. The lowest BCUT2D eigenvalue weighted by molar-refractivity contribution is -0.136. The second-order valence-corrected chi connectivity index (χ2v) is 8.32. The van der Waals surface area contributed by atoms with Crippen LogP contribution in [0.1, 0.15) is 24.8 Å². The number of rotatable bonds is 3. The van der Waals surface area contributed by atoms with Crippen LogP contribution in [0.4, 0.5) is 5.69 Å². The normalized spacial score (nSPS) is 27.3. The van der Waals surface area contributed by atoms with Crippen molar-refractivity contribution in [2.45, 2.75) is 26.2 Å². The van der Waals surface area contributed by atoms with Crippen molar-refractivity contribution in [1.82, 2.24) is 9.80 Å². The molecule has 3 fully saturated rings. The van der Waals surface area contributed by atoms with Crippen LogP contribution in [0.15, 0.2) is 24.3 Å². The van der Waals surface area contributed by atoms with Gasteiger partial charge in [0.25, 0.3) is 0 Å². The molecule has 0 unspecified atom stereocenters. The van der Waals surface area contributed by atoms with Gasteiger partial charge in [-0.25, -0.2) is 0 Å². The largest absolute Gasteiger partial charge is 0.381 e. The van der Waals surface area contributed by atoms with E-state index in [9.17, 15) is 4.79 Å². The molecule has 3 heterocycles. The summed E-state index contributed by atoms with van der Waals surface area (Å²) in [6, 6.07) is 8.70. The molecular formula is C21H31N3O2. The minimum atomic E-state index is 0.248. The van der Waals surface area contributed by atoms with Gasteiger partial charge in [0.1, 0.15) is 0 Å². The van der Waals surface area contributed by atoms with E-state index in [1.54, 1.807) is 0 Å². The first-order valence-corrected chi connectivity index (χ1v) is 10.0. The quantitative estimate of drug-likeness (QED) is 0.830. The van der Waals surface area contributed by atoms with Gasteiger partial charge in [-0.15, -0.1) is 0 Å². The summed E-state index contributed by atoms with van der Waals surface area (Å²) in [7, 11) is 0. The average Bonchev–Trinajstić information content (AvgIpc) is 3.10. The molecule has 0 aromatic heterocycles. The first-order chi connectivity index (χ1) is 12.6. The maximum absolute atomic E-state index is 12.8. The number of piperidine rings is 1. The number of carbonyl (C=O) groups excluding carboxylic acids is 1. The Bertz CT molecular complexity index is 634. The summed E-state index contributed by atoms with van der Waals surface area (Å²) in [4.78, 5) is 19.7. The van der Waals surface area contributed by atoms with E-state index in [4.69, 9.17) is 4.74 Å². The Morgan fingerprint density at radius 3 is 2.73 bits per heavy atom. The van der Waals surface area contributed by atoms with Crippen molar-refractivity contribution >= 4 is 11.6 Å². The van der Waals surface area contributed by atoms with Crippen LogP contribution in [-0.4, -0.2) is 74.7 Å². The van der Waals surface area contributed by atoms with Gasteiger partial charge >= 0.3 is 0 Å². The van der Waals surface area contributed by atoms with Gasteiger partial charge in [0.05, 0.1) is 13.2 Å². The molecule has 0 radical (unpaired) electrons. The molecule has 5 nitrogen and oxygen atoms in total. The summed E-state index contributed by atoms with van der Waals surface area (Å²) in [5.74, 6) is 0.306. The predicted molar refractivity (Wildman–Crippen MR) is 104 cm³/mol. The zero-order valence-corrected chi connectivity index (χ0v) is 16.0. The fraction of sp³-hybridized carbons (Fsp3) is 0.667. The SMILES string of the molecule is Cc1cccc(N2CCN(CC(=O)N3CCC[C@]4(CCOC4)C3)CC2)c1. The first-order valence-electron chi connectivity index (χ1n) is 10.0. The number of hydrogen-bond donors (Lipinski definition) is 0. The number of piperazine rings is 1. The molecular weight excluding hydrogens is 326 g/mol. The summed E-state index contributed by atoms with van der Waals surface area (Å²) in [6.07, 6.45) is 3.45. The maximum atomic E-state index is 12.8. The first kappa shape index (κ1) is 17.8. The molecule has 3 saturated heterocycles. The highest BCUT2D eigenvalue weighted by Crippen LogP contribution is 2.37. The van der Waals surface area contributed by atoms with Crippen LogP contribution in [0.3, 0.4) is 0 Å². The van der Waals surface area contributed by atoms with Crippen molar-refractivity contribution in [3.8, 4) is 0 Å². The van der Waals surface area contributed by atoms with E-state index in [0.29, 0.717) is 12.5 Å². The Labute approximate surface area is 156 Å². The van der Waals surface area contributed by atoms with E-state index in [1.807, 2.05) is 0 Å². The van der Waals surface area contributed by atoms with E-state index in [1.165, 1.54) is 17.7 Å². The molecule has 1 spiro atoms. The third-order valence-electron chi connectivity index (χ3n) is 6.30. The van der Waals surface area contributed by atoms with Crippen molar-refractivity contribution in [2.24, 2.45) is 5.41 Å². The number of ether oxygens (including phenoxy) is 1. The fourth-order valence-electron chi connectivity index (χ4n) is 4.67. The Balaban J connectivity index is 1.28. The predicted octanol–water partition coefficient (Wildman–Crippen LogP) is 2.15. The summed E-state index contributed by atoms with van der Waals surface area (Å²) in [6.45, 7) is 10.1.